The van der Waals surface area contributed by atoms with E-state index in [-0.39, 0.29) is 24.7 Å². The predicted molar refractivity (Wildman–Crippen MR) is 155 cm³/mol. The van der Waals surface area contributed by atoms with Gasteiger partial charge in [-0.15, -0.1) is 11.3 Å². The Morgan fingerprint density at radius 1 is 1.12 bits per heavy atom. The van der Waals surface area contributed by atoms with Crippen LogP contribution < -0.4 is 16.4 Å². The molecule has 2 unspecified atom stereocenters. The standard InChI is InChI=1S/C30H31F2N5O4S/c1-15-20-5-3-4-6-21(20)22-8-7-17(9-23(15)22)28(39)35-12-26(38)37-13-19(41-30(31)32)11-24(37)29(40)36-16(2)25-10-18(14-42-25)27(33)34/h3-10,14-16,19,24,30H,11-13H2,1-2H3,(H3,33,34)(H,35,39)(H,36,40)/t15?,16-,19-,24?/m1/s1. The van der Waals surface area contributed by atoms with Crippen molar-refractivity contribution in [2.75, 3.05) is 13.1 Å². The van der Waals surface area contributed by atoms with Gasteiger partial charge in [-0.2, -0.15) is 8.78 Å². The predicted octanol–water partition coefficient (Wildman–Crippen LogP) is 3.98. The number of hydrogen-bond donors (Lipinski definition) is 4. The summed E-state index contributed by atoms with van der Waals surface area (Å²) in [5.41, 5.74) is 10.8. The number of halogens is 2. The van der Waals surface area contributed by atoms with Crippen molar-refractivity contribution < 1.29 is 27.9 Å². The van der Waals surface area contributed by atoms with Crippen molar-refractivity contribution in [3.63, 3.8) is 0 Å². The molecule has 2 aliphatic rings. The zero-order chi connectivity index (χ0) is 30.1. The van der Waals surface area contributed by atoms with Gasteiger partial charge in [-0.1, -0.05) is 37.3 Å². The second-order valence-electron chi connectivity index (χ2n) is 10.5. The quantitative estimate of drug-likeness (QED) is 0.219. The van der Waals surface area contributed by atoms with Gasteiger partial charge in [0.1, 0.15) is 11.9 Å². The number of rotatable bonds is 9. The number of hydrogen-bond acceptors (Lipinski definition) is 6. The Labute approximate surface area is 245 Å². The Kier molecular flexibility index (Phi) is 8.37. The number of nitrogens with two attached hydrogens (primary N) is 1. The fraction of sp³-hybridized carbons (Fsp3) is 0.333. The number of ether oxygens (including phenoxy) is 1. The Bertz CT molecular complexity index is 1540. The third kappa shape index (κ3) is 5.90. The average molecular weight is 596 g/mol. The van der Waals surface area contributed by atoms with Gasteiger partial charge in [-0.05, 0) is 47.4 Å². The van der Waals surface area contributed by atoms with Gasteiger partial charge < -0.3 is 26.0 Å². The zero-order valence-corrected chi connectivity index (χ0v) is 23.8. The number of carbonyl (C=O) groups excluding carboxylic acids is 3. The lowest BCUT2D eigenvalue weighted by atomic mass is 9.97. The summed E-state index contributed by atoms with van der Waals surface area (Å²) in [7, 11) is 0. The molecule has 5 rings (SSSR count). The first kappa shape index (κ1) is 29.3. The summed E-state index contributed by atoms with van der Waals surface area (Å²) in [5.74, 6) is -1.56. The Balaban J connectivity index is 1.24. The topological polar surface area (TPSA) is 138 Å². The van der Waals surface area contributed by atoms with E-state index < -0.39 is 49.1 Å². The van der Waals surface area contributed by atoms with Crippen molar-refractivity contribution >= 4 is 34.9 Å². The number of likely N-dealkylation sites (tertiary alicyclic amines) is 1. The van der Waals surface area contributed by atoms with Gasteiger partial charge >= 0.3 is 6.61 Å². The van der Waals surface area contributed by atoms with Crippen LogP contribution in [0.15, 0.2) is 53.9 Å². The molecule has 1 aliphatic heterocycles. The molecule has 0 bridgehead atoms. The van der Waals surface area contributed by atoms with Crippen LogP contribution in [-0.4, -0.2) is 60.3 Å². The Hall–Kier alpha value is -4.16. The molecule has 1 saturated heterocycles. The molecule has 1 fully saturated rings. The van der Waals surface area contributed by atoms with Crippen molar-refractivity contribution in [3.05, 3.63) is 81.0 Å². The summed E-state index contributed by atoms with van der Waals surface area (Å²) in [4.78, 5) is 41.3. The molecule has 3 amide bonds. The number of carbonyl (C=O) groups is 3. The van der Waals surface area contributed by atoms with Crippen LogP contribution in [0.4, 0.5) is 8.78 Å². The van der Waals surface area contributed by atoms with Crippen LogP contribution in [0, 0.1) is 5.41 Å². The van der Waals surface area contributed by atoms with Crippen LogP contribution in [0.1, 0.15) is 64.2 Å². The highest BCUT2D eigenvalue weighted by Gasteiger charge is 2.41. The maximum atomic E-state index is 13.2. The molecule has 1 aromatic heterocycles. The van der Waals surface area contributed by atoms with E-state index in [2.05, 4.69) is 28.4 Å². The minimum Gasteiger partial charge on any atom is -0.384 e. The number of nitrogens with one attached hydrogen (secondary N) is 3. The van der Waals surface area contributed by atoms with Gasteiger partial charge in [0.2, 0.25) is 11.8 Å². The molecule has 220 valence electrons. The first-order valence-corrected chi connectivity index (χ1v) is 14.4. The van der Waals surface area contributed by atoms with Gasteiger partial charge in [0, 0.05) is 40.3 Å². The number of fused-ring (bicyclic) bond motifs is 3. The fourth-order valence-electron chi connectivity index (χ4n) is 5.62. The summed E-state index contributed by atoms with van der Waals surface area (Å²) in [6.45, 7) is 0.121. The second kappa shape index (κ2) is 12.0. The van der Waals surface area contributed by atoms with E-state index in [1.165, 1.54) is 21.8 Å². The zero-order valence-electron chi connectivity index (χ0n) is 23.0. The van der Waals surface area contributed by atoms with Gasteiger partial charge in [0.15, 0.2) is 0 Å². The molecule has 5 N–H and O–H groups in total. The third-order valence-electron chi connectivity index (χ3n) is 7.80. The van der Waals surface area contributed by atoms with E-state index in [9.17, 15) is 23.2 Å². The van der Waals surface area contributed by atoms with E-state index >= 15 is 0 Å². The van der Waals surface area contributed by atoms with E-state index in [0.29, 0.717) is 11.1 Å². The largest absolute Gasteiger partial charge is 0.384 e. The summed E-state index contributed by atoms with van der Waals surface area (Å²) in [6, 6.07) is 13.6. The molecular weight excluding hydrogens is 564 g/mol. The first-order chi connectivity index (χ1) is 20.0. The van der Waals surface area contributed by atoms with Crippen LogP contribution in [0.25, 0.3) is 11.1 Å². The molecule has 2 aromatic carbocycles. The molecule has 0 spiro atoms. The SMILES string of the molecule is CC1c2ccccc2-c2ccc(C(=O)NCC(=O)N3C[C@H](OC(F)F)CC3C(=O)N[C@H](C)c3cc(C(=N)N)cs3)cc21. The van der Waals surface area contributed by atoms with Crippen LogP contribution in [-0.2, 0) is 14.3 Å². The summed E-state index contributed by atoms with van der Waals surface area (Å²) in [5, 5.41) is 14.7. The summed E-state index contributed by atoms with van der Waals surface area (Å²) < 4.78 is 30.6. The van der Waals surface area contributed by atoms with Gasteiger partial charge in [-0.3, -0.25) is 19.8 Å². The summed E-state index contributed by atoms with van der Waals surface area (Å²) in [6.07, 6.45) is -1.16. The van der Waals surface area contributed by atoms with Crippen LogP contribution in [0.2, 0.25) is 0 Å². The lowest BCUT2D eigenvalue weighted by molar-refractivity contribution is -0.160. The van der Waals surface area contributed by atoms with Crippen LogP contribution in [0.5, 0.6) is 0 Å². The van der Waals surface area contributed by atoms with Crippen molar-refractivity contribution in [3.8, 4) is 11.1 Å². The van der Waals surface area contributed by atoms with Crippen LogP contribution in [0.3, 0.4) is 0 Å². The van der Waals surface area contributed by atoms with Crippen LogP contribution >= 0.6 is 11.3 Å². The average Bonchev–Trinajstić information content (AvgIpc) is 3.69. The molecule has 1 aliphatic carbocycles. The first-order valence-electron chi connectivity index (χ1n) is 13.5. The molecule has 0 saturated carbocycles. The highest BCUT2D eigenvalue weighted by molar-refractivity contribution is 7.10. The Morgan fingerprint density at radius 3 is 2.57 bits per heavy atom. The molecule has 12 heteroatoms. The van der Waals surface area contributed by atoms with Gasteiger partial charge in [-0.25, -0.2) is 0 Å². The van der Waals surface area contributed by atoms with Crippen molar-refractivity contribution in [2.24, 2.45) is 5.73 Å². The number of thiophene rings is 1. The van der Waals surface area contributed by atoms with Crippen molar-refractivity contribution in [1.29, 1.82) is 5.41 Å². The molecular formula is C30H31F2N5O4S. The molecule has 42 heavy (non-hydrogen) atoms. The molecule has 3 aromatic rings. The minimum absolute atomic E-state index is 0.0999. The van der Waals surface area contributed by atoms with Crippen molar-refractivity contribution in [2.45, 2.75) is 51.0 Å². The monoisotopic (exact) mass is 595 g/mol. The fourth-order valence-corrected chi connectivity index (χ4v) is 6.54. The van der Waals surface area contributed by atoms with E-state index in [1.807, 2.05) is 30.3 Å². The number of amides is 3. The van der Waals surface area contributed by atoms with Crippen molar-refractivity contribution in [1.82, 2.24) is 15.5 Å². The molecule has 9 nitrogen and oxygen atoms in total. The number of amidine groups is 1. The summed E-state index contributed by atoms with van der Waals surface area (Å²) >= 11 is 1.31. The second-order valence-corrected chi connectivity index (χ2v) is 11.4. The van der Waals surface area contributed by atoms with E-state index in [1.54, 1.807) is 24.4 Å². The third-order valence-corrected chi connectivity index (χ3v) is 8.91. The maximum Gasteiger partial charge on any atom is 0.345 e. The molecule has 2 heterocycles. The van der Waals surface area contributed by atoms with E-state index in [4.69, 9.17) is 11.1 Å². The minimum atomic E-state index is -3.06. The lowest BCUT2D eigenvalue weighted by Gasteiger charge is -2.25. The number of nitrogens with zero attached hydrogens (tertiary/aromatic N) is 1. The lowest BCUT2D eigenvalue weighted by Crippen LogP contribution is -2.49. The Morgan fingerprint density at radius 2 is 1.86 bits per heavy atom. The van der Waals surface area contributed by atoms with E-state index in [0.717, 1.165) is 21.6 Å². The number of nitrogen functional groups attached to an aromatic ring is 1. The normalized spacial score (nSPS) is 19.7. The number of alkyl halides is 2. The highest BCUT2D eigenvalue weighted by atomic mass is 32.1. The smallest absolute Gasteiger partial charge is 0.345 e. The molecule has 4 atom stereocenters. The van der Waals surface area contributed by atoms with Gasteiger partial charge in [0.25, 0.3) is 5.91 Å². The molecule has 0 radical (unpaired) electrons. The van der Waals surface area contributed by atoms with Gasteiger partial charge in [0.05, 0.1) is 18.7 Å². The highest BCUT2D eigenvalue weighted by Crippen LogP contribution is 2.44. The number of benzene rings is 2. The maximum absolute atomic E-state index is 13.2.